The van der Waals surface area contributed by atoms with Crippen molar-refractivity contribution in [2.45, 2.75) is 51.6 Å². The summed E-state index contributed by atoms with van der Waals surface area (Å²) in [6, 6.07) is 36.2. The number of nitrogens with one attached hydrogen (secondary N) is 5. The van der Waals surface area contributed by atoms with Gasteiger partial charge in [0, 0.05) is 13.6 Å². The SMILES string of the molecule is CCCN(Cc1nc(-c2ccc(-c3ccc(-c4cbc(C5CCCN5C(=O)Cc5ccccc5)[nH]4)cc3)cc2)c(C(=O)NC)[nH]1)C(=O)Cc1ccccc1.CNC.CNC. The topological polar surface area (TPSA) is 138 Å². The average molecular weight is 807 g/mol. The van der Waals surface area contributed by atoms with E-state index in [1.54, 1.807) is 11.9 Å². The van der Waals surface area contributed by atoms with Gasteiger partial charge in [-0.2, -0.15) is 0 Å². The van der Waals surface area contributed by atoms with E-state index < -0.39 is 0 Å². The second-order valence-electron chi connectivity index (χ2n) is 14.9. The van der Waals surface area contributed by atoms with Gasteiger partial charge in [0.05, 0.1) is 13.0 Å². The molecule has 1 aliphatic rings. The van der Waals surface area contributed by atoms with Crippen molar-refractivity contribution in [3.8, 4) is 33.6 Å². The zero-order valence-electron chi connectivity index (χ0n) is 35.8. The molecule has 3 heterocycles. The van der Waals surface area contributed by atoms with Crippen LogP contribution in [0.4, 0.5) is 0 Å². The van der Waals surface area contributed by atoms with Crippen LogP contribution < -0.4 is 16.0 Å². The number of imidazole rings is 1. The van der Waals surface area contributed by atoms with Gasteiger partial charge in [-0.05, 0) is 40.2 Å². The Hall–Kier alpha value is -6.11. The number of aromatic nitrogens is 3. The summed E-state index contributed by atoms with van der Waals surface area (Å²) < 4.78 is 0. The Labute approximate surface area is 355 Å². The molecule has 1 aliphatic heterocycles. The smallest absolute Gasteiger partial charge is 0.354 e. The van der Waals surface area contributed by atoms with Gasteiger partial charge in [0.15, 0.2) is 0 Å². The summed E-state index contributed by atoms with van der Waals surface area (Å²) >= 11 is 0. The van der Waals surface area contributed by atoms with Gasteiger partial charge in [-0.3, -0.25) is 9.59 Å². The van der Waals surface area contributed by atoms with Gasteiger partial charge in [-0.1, -0.05) is 37.3 Å². The molecule has 1 unspecified atom stereocenters. The zero-order chi connectivity index (χ0) is 42.9. The normalized spacial score (nSPS) is 13.0. The second-order valence-corrected chi connectivity index (χ2v) is 14.9. The van der Waals surface area contributed by atoms with Crippen LogP contribution in [-0.2, 0) is 29.0 Å². The molecule has 0 saturated carbocycles. The number of carbonyl (C=O) groups excluding carboxylic acids is 3. The van der Waals surface area contributed by atoms with E-state index in [1.165, 1.54) is 0 Å². The molecule has 1 fully saturated rings. The Bertz CT molecular complexity index is 2240. The first-order valence-corrected chi connectivity index (χ1v) is 20.8. The van der Waals surface area contributed by atoms with Crippen LogP contribution in [-0.4, -0.2) is 97.7 Å². The number of H-pyrrole nitrogens is 2. The van der Waals surface area contributed by atoms with Gasteiger partial charge >= 0.3 is 200 Å². The Morgan fingerprint density at radius 2 is 1.30 bits per heavy atom. The van der Waals surface area contributed by atoms with Gasteiger partial charge in [0.1, 0.15) is 5.82 Å². The van der Waals surface area contributed by atoms with Gasteiger partial charge in [0.2, 0.25) is 5.91 Å². The van der Waals surface area contributed by atoms with E-state index >= 15 is 0 Å². The van der Waals surface area contributed by atoms with Crippen molar-refractivity contribution < 1.29 is 14.4 Å². The summed E-state index contributed by atoms with van der Waals surface area (Å²) in [5.74, 6) is 2.57. The number of hydrogen-bond donors (Lipinski definition) is 5. The molecule has 4 aromatic carbocycles. The number of hydrogen-bond acceptors (Lipinski definition) is 6. The molecule has 0 radical (unpaired) electrons. The van der Waals surface area contributed by atoms with Gasteiger partial charge in [0.25, 0.3) is 5.91 Å². The van der Waals surface area contributed by atoms with Crippen molar-refractivity contribution in [3.05, 3.63) is 143 Å². The minimum absolute atomic E-state index is 0.0149. The first-order chi connectivity index (χ1) is 29.2. The van der Waals surface area contributed by atoms with E-state index in [4.69, 9.17) is 4.98 Å². The predicted octanol–water partition coefficient (Wildman–Crippen LogP) is 7.00. The quantitative estimate of drug-likeness (QED) is 0.0854. The fraction of sp³-hybridized carbons (Fsp3) is 0.312. The fourth-order valence-corrected chi connectivity index (χ4v) is 7.32. The molecule has 0 aliphatic carbocycles. The maximum atomic E-state index is 13.3. The molecule has 60 heavy (non-hydrogen) atoms. The van der Waals surface area contributed by atoms with Crippen molar-refractivity contribution in [2.75, 3.05) is 48.3 Å². The summed E-state index contributed by atoms with van der Waals surface area (Å²) in [7, 11) is 9.09. The number of aromatic amines is 2. The summed E-state index contributed by atoms with van der Waals surface area (Å²) in [5.41, 5.74) is 8.96. The van der Waals surface area contributed by atoms with Crippen molar-refractivity contribution in [2.24, 2.45) is 0 Å². The Balaban J connectivity index is 0.00000107. The second kappa shape index (κ2) is 22.9. The predicted molar refractivity (Wildman–Crippen MR) is 244 cm³/mol. The number of nitrogens with zero attached hydrogens (tertiary/aromatic N) is 3. The number of carbonyl (C=O) groups is 3. The third-order valence-corrected chi connectivity index (χ3v) is 10.1. The molecule has 11 nitrogen and oxygen atoms in total. The molecule has 312 valence electrons. The molecular weight excluding hydrogens is 747 g/mol. The van der Waals surface area contributed by atoms with Crippen LogP contribution in [0.3, 0.4) is 0 Å². The van der Waals surface area contributed by atoms with Crippen molar-refractivity contribution in [3.63, 3.8) is 0 Å². The Kier molecular flexibility index (Phi) is 17.2. The van der Waals surface area contributed by atoms with Crippen molar-refractivity contribution in [1.29, 1.82) is 0 Å². The third kappa shape index (κ3) is 12.0. The van der Waals surface area contributed by atoms with Gasteiger partial charge in [-0.15, -0.1) is 0 Å². The number of amides is 3. The maximum absolute atomic E-state index is 13.3. The first-order valence-electron chi connectivity index (χ1n) is 20.8. The minimum Gasteiger partial charge on any atom is -0.354 e. The molecule has 1 atom stereocenters. The van der Waals surface area contributed by atoms with Crippen LogP contribution in [0, 0.1) is 0 Å². The number of rotatable bonds is 13. The molecule has 6 aromatic rings. The molecule has 7 rings (SSSR count). The van der Waals surface area contributed by atoms with Crippen LogP contribution in [0.2, 0.25) is 0 Å². The van der Waals surface area contributed by atoms with E-state index in [-0.39, 0.29) is 30.3 Å². The van der Waals surface area contributed by atoms with Gasteiger partial charge in [-0.25, -0.2) is 0 Å². The van der Waals surface area contributed by atoms with E-state index in [1.807, 2.05) is 125 Å². The van der Waals surface area contributed by atoms with Crippen LogP contribution >= 0.6 is 0 Å². The van der Waals surface area contributed by atoms with Crippen molar-refractivity contribution in [1.82, 2.24) is 40.7 Å². The van der Waals surface area contributed by atoms with Crippen LogP contribution in [0.25, 0.3) is 33.6 Å². The summed E-state index contributed by atoms with van der Waals surface area (Å²) in [5, 5.41) is 8.22. The molecule has 1 saturated heterocycles. The van der Waals surface area contributed by atoms with E-state index in [0.29, 0.717) is 36.6 Å². The minimum atomic E-state index is -0.270. The van der Waals surface area contributed by atoms with Gasteiger partial charge < -0.3 is 25.8 Å². The summed E-state index contributed by atoms with van der Waals surface area (Å²) in [6.45, 7) is 5.80. The third-order valence-electron chi connectivity index (χ3n) is 10.1. The molecule has 3 amide bonds. The van der Waals surface area contributed by atoms with Crippen molar-refractivity contribution >= 4 is 24.6 Å². The average Bonchev–Trinajstić information content (AvgIpc) is 4.06. The van der Waals surface area contributed by atoms with E-state index in [2.05, 4.69) is 63.1 Å². The number of likely N-dealkylation sites (tertiary alicyclic amines) is 1. The summed E-state index contributed by atoms with van der Waals surface area (Å²) in [6.07, 6.45) is 3.48. The van der Waals surface area contributed by atoms with Crippen LogP contribution in [0.5, 0.6) is 0 Å². The Morgan fingerprint density at radius 3 is 1.87 bits per heavy atom. The molecule has 0 bridgehead atoms. The molecular formula is C48H59BN8O3. The molecule has 5 N–H and O–H groups in total. The number of benzene rings is 4. The zero-order valence-corrected chi connectivity index (χ0v) is 35.8. The van der Waals surface area contributed by atoms with Crippen LogP contribution in [0.15, 0.2) is 115 Å². The van der Waals surface area contributed by atoms with E-state index in [0.717, 1.165) is 70.5 Å². The van der Waals surface area contributed by atoms with Crippen LogP contribution in [0.1, 0.15) is 65.3 Å². The standard InChI is InChI=1S/C44H45BN6O3.2C2H7N/c1-3-24-50(39(52)26-30-11-6-4-7-12-30)29-38-48-41(42(49-38)44(54)46-2)35-22-18-33(19-23-35)32-16-20-34(21-17-32)36-28-45-43(47-36)37-15-10-25-51(37)40(53)27-31-13-8-5-9-14-31;2*1-3-2/h4-9,11-14,16-23,28,37,47H,3,10,15,24-27,29H2,1-2H3,(H,46,54)(H,48,49);2*3H,1-2H3. The molecule has 2 aromatic heterocycles. The summed E-state index contributed by atoms with van der Waals surface area (Å²) in [4.78, 5) is 54.9. The monoisotopic (exact) mass is 806 g/mol. The first kappa shape index (κ1) is 45.0. The van der Waals surface area contributed by atoms with E-state index in [9.17, 15) is 14.4 Å². The Morgan fingerprint density at radius 1 is 0.750 bits per heavy atom. The fourth-order valence-electron chi connectivity index (χ4n) is 7.32. The molecule has 12 heteroatoms. The molecule has 0 spiro atoms.